The van der Waals surface area contributed by atoms with Crippen LogP contribution in [-0.4, -0.2) is 40.0 Å². The molecular weight excluding hydrogens is 256 g/mol. The fraction of sp³-hybridized carbons (Fsp3) is 0.600. The predicted octanol–water partition coefficient (Wildman–Crippen LogP) is 0.647. The lowest BCUT2D eigenvalue weighted by molar-refractivity contribution is -0.119. The Balaban J connectivity index is 1.94. The van der Waals surface area contributed by atoms with E-state index in [1.165, 1.54) is 0 Å². The molecular formula is C10H15ClN6O. The Morgan fingerprint density at radius 3 is 2.67 bits per heavy atom. The molecule has 1 atom stereocenters. The molecule has 1 amide bonds. The maximum Gasteiger partial charge on any atom is 0.228 e. The molecule has 1 fully saturated rings. The van der Waals surface area contributed by atoms with Gasteiger partial charge in [0.15, 0.2) is 0 Å². The second kappa shape index (κ2) is 5.81. The summed E-state index contributed by atoms with van der Waals surface area (Å²) in [7, 11) is 0. The smallest absolute Gasteiger partial charge is 0.228 e. The summed E-state index contributed by atoms with van der Waals surface area (Å²) in [6, 6.07) is 0.121. The molecule has 0 bridgehead atoms. The van der Waals surface area contributed by atoms with Crippen molar-refractivity contribution in [3.05, 3.63) is 5.28 Å². The number of amides is 1. The first-order valence-corrected chi connectivity index (χ1v) is 6.24. The summed E-state index contributed by atoms with van der Waals surface area (Å²) in [5, 5.41) is 9.01. The first kappa shape index (κ1) is 12.8. The minimum atomic E-state index is 0.0869. The van der Waals surface area contributed by atoms with E-state index < -0.39 is 0 Å². The van der Waals surface area contributed by atoms with Crippen molar-refractivity contribution in [1.29, 1.82) is 0 Å². The van der Waals surface area contributed by atoms with E-state index in [9.17, 15) is 4.79 Å². The lowest BCUT2D eigenvalue weighted by atomic mass is 10.2. The van der Waals surface area contributed by atoms with Crippen LogP contribution < -0.4 is 16.0 Å². The van der Waals surface area contributed by atoms with E-state index in [4.69, 9.17) is 11.6 Å². The van der Waals surface area contributed by atoms with Crippen LogP contribution in [-0.2, 0) is 4.79 Å². The Morgan fingerprint density at radius 2 is 2.06 bits per heavy atom. The van der Waals surface area contributed by atoms with Crippen LogP contribution in [0.2, 0.25) is 5.28 Å². The molecule has 1 aromatic heterocycles. The van der Waals surface area contributed by atoms with Crippen LogP contribution in [0.1, 0.15) is 19.8 Å². The van der Waals surface area contributed by atoms with Crippen LogP contribution >= 0.6 is 11.6 Å². The summed E-state index contributed by atoms with van der Waals surface area (Å²) in [6.45, 7) is 3.23. The van der Waals surface area contributed by atoms with Gasteiger partial charge in [0, 0.05) is 25.6 Å². The van der Waals surface area contributed by atoms with E-state index in [0.29, 0.717) is 31.4 Å². The van der Waals surface area contributed by atoms with Gasteiger partial charge in [0.25, 0.3) is 0 Å². The Bertz CT molecular complexity index is 440. The predicted molar refractivity (Wildman–Crippen MR) is 68.7 cm³/mol. The number of nitrogens with one attached hydrogen (secondary N) is 3. The molecule has 3 N–H and O–H groups in total. The van der Waals surface area contributed by atoms with Gasteiger partial charge in [-0.05, 0) is 24.9 Å². The molecule has 1 aliphatic rings. The number of halogens is 1. The number of carbonyl (C=O) groups is 1. The van der Waals surface area contributed by atoms with Gasteiger partial charge < -0.3 is 16.0 Å². The molecule has 8 heteroatoms. The molecule has 1 unspecified atom stereocenters. The van der Waals surface area contributed by atoms with Crippen molar-refractivity contribution < 1.29 is 4.79 Å². The third-order valence-electron chi connectivity index (χ3n) is 2.53. The van der Waals surface area contributed by atoms with E-state index >= 15 is 0 Å². The van der Waals surface area contributed by atoms with Crippen molar-refractivity contribution in [1.82, 2.24) is 20.3 Å². The van der Waals surface area contributed by atoms with E-state index in [1.807, 2.05) is 6.92 Å². The minimum Gasteiger partial charge on any atom is -0.354 e. The summed E-state index contributed by atoms with van der Waals surface area (Å²) >= 11 is 5.79. The Labute approximate surface area is 110 Å². The molecule has 1 saturated heterocycles. The molecule has 2 rings (SSSR count). The van der Waals surface area contributed by atoms with E-state index in [0.717, 1.165) is 6.42 Å². The minimum absolute atomic E-state index is 0.0869. The normalized spacial score (nSPS) is 18.6. The zero-order valence-corrected chi connectivity index (χ0v) is 10.8. The molecule has 7 nitrogen and oxygen atoms in total. The van der Waals surface area contributed by atoms with Crippen LogP contribution in [0.4, 0.5) is 11.9 Å². The zero-order valence-electron chi connectivity index (χ0n) is 10.0. The molecule has 0 aromatic carbocycles. The molecule has 0 spiro atoms. The maximum atomic E-state index is 11.0. The maximum absolute atomic E-state index is 11.0. The highest BCUT2D eigenvalue weighted by molar-refractivity contribution is 6.28. The quantitative estimate of drug-likeness (QED) is 0.728. The van der Waals surface area contributed by atoms with Gasteiger partial charge in [0.05, 0.1) is 0 Å². The SMILES string of the molecule is CCNc1nc(Cl)nc(NCC2CCC(=O)N2)n1. The zero-order chi connectivity index (χ0) is 13.0. The van der Waals surface area contributed by atoms with Gasteiger partial charge >= 0.3 is 0 Å². The number of nitrogens with zero attached hydrogens (tertiary/aromatic N) is 3. The number of carbonyl (C=O) groups excluding carboxylic acids is 1. The molecule has 0 aliphatic carbocycles. The first-order chi connectivity index (χ1) is 8.67. The second-order valence-electron chi connectivity index (χ2n) is 3.97. The number of rotatable bonds is 5. The van der Waals surface area contributed by atoms with Gasteiger partial charge in [0.1, 0.15) is 0 Å². The average molecular weight is 271 g/mol. The Kier molecular flexibility index (Phi) is 4.14. The van der Waals surface area contributed by atoms with Gasteiger partial charge in [-0.1, -0.05) is 0 Å². The summed E-state index contributed by atoms with van der Waals surface area (Å²) in [5.41, 5.74) is 0. The van der Waals surface area contributed by atoms with Crippen molar-refractivity contribution in [2.24, 2.45) is 0 Å². The van der Waals surface area contributed by atoms with Gasteiger partial charge in [-0.2, -0.15) is 15.0 Å². The lowest BCUT2D eigenvalue weighted by Crippen LogP contribution is -2.32. The van der Waals surface area contributed by atoms with Crippen LogP contribution in [0.25, 0.3) is 0 Å². The number of hydrogen-bond donors (Lipinski definition) is 3. The molecule has 18 heavy (non-hydrogen) atoms. The molecule has 2 heterocycles. The largest absolute Gasteiger partial charge is 0.354 e. The number of anilines is 2. The van der Waals surface area contributed by atoms with Crippen LogP contribution in [0.15, 0.2) is 0 Å². The van der Waals surface area contributed by atoms with Crippen LogP contribution in [0.3, 0.4) is 0 Å². The standard InChI is InChI=1S/C10H15ClN6O/c1-2-12-9-15-8(11)16-10(17-9)13-5-6-3-4-7(18)14-6/h6H,2-5H2,1H3,(H,14,18)(H2,12,13,15,16,17). The van der Waals surface area contributed by atoms with Crippen molar-refractivity contribution in [3.8, 4) is 0 Å². The van der Waals surface area contributed by atoms with E-state index in [1.54, 1.807) is 0 Å². The van der Waals surface area contributed by atoms with Gasteiger partial charge in [-0.3, -0.25) is 4.79 Å². The van der Waals surface area contributed by atoms with Crippen molar-refractivity contribution in [2.45, 2.75) is 25.8 Å². The molecule has 0 radical (unpaired) electrons. The van der Waals surface area contributed by atoms with Crippen LogP contribution in [0.5, 0.6) is 0 Å². The third-order valence-corrected chi connectivity index (χ3v) is 2.70. The first-order valence-electron chi connectivity index (χ1n) is 5.86. The molecule has 0 saturated carbocycles. The molecule has 1 aromatic rings. The van der Waals surface area contributed by atoms with E-state index in [2.05, 4.69) is 30.9 Å². The molecule has 98 valence electrons. The Hall–Kier alpha value is -1.63. The van der Waals surface area contributed by atoms with Crippen LogP contribution in [0, 0.1) is 0 Å². The highest BCUT2D eigenvalue weighted by Gasteiger charge is 2.20. The fourth-order valence-electron chi connectivity index (χ4n) is 1.71. The average Bonchev–Trinajstić information content (AvgIpc) is 2.72. The third kappa shape index (κ3) is 3.43. The van der Waals surface area contributed by atoms with Crippen molar-refractivity contribution >= 4 is 29.4 Å². The van der Waals surface area contributed by atoms with E-state index in [-0.39, 0.29) is 17.2 Å². The number of aromatic nitrogens is 3. The topological polar surface area (TPSA) is 91.8 Å². The highest BCUT2D eigenvalue weighted by atomic mass is 35.5. The van der Waals surface area contributed by atoms with Gasteiger partial charge in [0.2, 0.25) is 23.1 Å². The summed E-state index contributed by atoms with van der Waals surface area (Å²) in [4.78, 5) is 23.1. The lowest BCUT2D eigenvalue weighted by Gasteiger charge is -2.11. The summed E-state index contributed by atoms with van der Waals surface area (Å²) < 4.78 is 0. The number of hydrogen-bond acceptors (Lipinski definition) is 6. The molecule has 1 aliphatic heterocycles. The highest BCUT2D eigenvalue weighted by Crippen LogP contribution is 2.11. The summed E-state index contributed by atoms with van der Waals surface area (Å²) in [6.07, 6.45) is 1.40. The monoisotopic (exact) mass is 270 g/mol. The van der Waals surface area contributed by atoms with Gasteiger partial charge in [-0.15, -0.1) is 0 Å². The fourth-order valence-corrected chi connectivity index (χ4v) is 1.87. The Morgan fingerprint density at radius 1 is 1.33 bits per heavy atom. The van der Waals surface area contributed by atoms with Crippen molar-refractivity contribution in [3.63, 3.8) is 0 Å². The van der Waals surface area contributed by atoms with Gasteiger partial charge in [-0.25, -0.2) is 0 Å². The second-order valence-corrected chi connectivity index (χ2v) is 4.30. The van der Waals surface area contributed by atoms with Crippen molar-refractivity contribution in [2.75, 3.05) is 23.7 Å². The summed E-state index contributed by atoms with van der Waals surface area (Å²) in [5.74, 6) is 0.936.